The monoisotopic (exact) mass is 381 g/mol. The van der Waals surface area contributed by atoms with E-state index in [0.29, 0.717) is 6.42 Å². The minimum absolute atomic E-state index is 0.329. The van der Waals surface area contributed by atoms with Gasteiger partial charge in [-0.3, -0.25) is 4.52 Å². The first-order chi connectivity index (χ1) is 11.9. The highest BCUT2D eigenvalue weighted by Gasteiger charge is 2.20. The maximum Gasteiger partial charge on any atom is 0.469 e. The zero-order valence-corrected chi connectivity index (χ0v) is 16.8. The number of unbranched alkanes of at least 4 members (excludes halogenated alkanes) is 12. The second-order valence-corrected chi connectivity index (χ2v) is 8.29. The van der Waals surface area contributed by atoms with Crippen molar-refractivity contribution in [3.63, 3.8) is 0 Å². The van der Waals surface area contributed by atoms with Crippen molar-refractivity contribution in [1.29, 1.82) is 0 Å². The summed E-state index contributed by atoms with van der Waals surface area (Å²) in [6.45, 7) is 1.92. The molecule has 7 heteroatoms. The van der Waals surface area contributed by atoms with Crippen molar-refractivity contribution in [2.75, 3.05) is 6.61 Å². The van der Waals surface area contributed by atoms with Gasteiger partial charge in [-0.05, 0) is 6.42 Å². The summed E-state index contributed by atoms with van der Waals surface area (Å²) in [4.78, 5) is 17.2. The van der Waals surface area contributed by atoms with Gasteiger partial charge >= 0.3 is 7.82 Å². The second kappa shape index (κ2) is 16.2. The van der Waals surface area contributed by atoms with Crippen LogP contribution < -0.4 is 5.73 Å². The Morgan fingerprint density at radius 1 is 0.840 bits per heavy atom. The molecule has 0 bridgehead atoms. The van der Waals surface area contributed by atoms with E-state index in [-0.39, 0.29) is 6.61 Å². The van der Waals surface area contributed by atoms with Crippen molar-refractivity contribution in [3.05, 3.63) is 0 Å². The maximum absolute atomic E-state index is 10.6. The maximum atomic E-state index is 10.6. The molecular weight excluding hydrogens is 341 g/mol. The van der Waals surface area contributed by atoms with Gasteiger partial charge in [0.25, 0.3) is 0 Å². The first kappa shape index (κ1) is 25.0. The van der Waals surface area contributed by atoms with Crippen LogP contribution in [0.15, 0.2) is 0 Å². The van der Waals surface area contributed by atoms with Crippen molar-refractivity contribution >= 4 is 7.82 Å². The van der Waals surface area contributed by atoms with E-state index < -0.39 is 20.0 Å². The molecule has 5 N–H and O–H groups in total. The summed E-state index contributed by atoms with van der Waals surface area (Å²) in [7, 11) is -4.51. The Labute approximate surface area is 153 Å². The largest absolute Gasteiger partial charge is 0.469 e. The predicted octanol–water partition coefficient (Wildman–Crippen LogP) is 4.27. The topological polar surface area (TPSA) is 113 Å². The Morgan fingerprint density at radius 3 is 1.64 bits per heavy atom. The molecule has 0 radical (unpaired) electrons. The van der Waals surface area contributed by atoms with E-state index in [0.717, 1.165) is 19.3 Å². The Kier molecular flexibility index (Phi) is 16.2. The lowest BCUT2D eigenvalue weighted by molar-refractivity contribution is 0.0931. The summed E-state index contributed by atoms with van der Waals surface area (Å²) in [5.74, 6) is 0. The molecule has 0 unspecified atom stereocenters. The number of hydrogen-bond donors (Lipinski definition) is 4. The lowest BCUT2D eigenvalue weighted by Crippen LogP contribution is -2.38. The van der Waals surface area contributed by atoms with Crippen LogP contribution in [0.4, 0.5) is 0 Å². The van der Waals surface area contributed by atoms with E-state index in [1.165, 1.54) is 64.2 Å². The van der Waals surface area contributed by atoms with Crippen LogP contribution >= 0.6 is 7.82 Å². The lowest BCUT2D eigenvalue weighted by atomic mass is 10.0. The van der Waals surface area contributed by atoms with Gasteiger partial charge in [0.1, 0.15) is 0 Å². The molecule has 0 heterocycles. The molecule has 2 atom stereocenters. The standard InChI is InChI=1S/C18H40NO5P/c1-2-3-4-5-6-7-8-9-10-11-12-13-14-15-18(20)17(19)16-24-25(21,22)23/h17-18,20H,2-16,19H2,1H3,(H2,21,22,23)/t17-,18+/m1/s1. The van der Waals surface area contributed by atoms with Crippen molar-refractivity contribution in [3.8, 4) is 0 Å². The van der Waals surface area contributed by atoms with Crippen molar-refractivity contribution < 1.29 is 24.0 Å². The number of aliphatic hydroxyl groups excluding tert-OH is 1. The van der Waals surface area contributed by atoms with E-state index >= 15 is 0 Å². The first-order valence-electron chi connectivity index (χ1n) is 10.0. The fraction of sp³-hybridized carbons (Fsp3) is 1.00. The van der Waals surface area contributed by atoms with Crippen LogP contribution in [0, 0.1) is 0 Å². The average Bonchev–Trinajstić information content (AvgIpc) is 2.56. The quantitative estimate of drug-likeness (QED) is 0.208. The SMILES string of the molecule is CCCCCCCCCCCCCCC[C@H](O)[C@H](N)COP(=O)(O)O. The molecule has 0 saturated carbocycles. The zero-order chi connectivity index (χ0) is 19.0. The fourth-order valence-corrected chi connectivity index (χ4v) is 3.25. The van der Waals surface area contributed by atoms with Crippen molar-refractivity contribution in [1.82, 2.24) is 0 Å². The molecule has 0 rings (SSSR count). The van der Waals surface area contributed by atoms with Gasteiger partial charge in [0.05, 0.1) is 18.8 Å². The summed E-state index contributed by atoms with van der Waals surface area (Å²) in [5.41, 5.74) is 5.65. The molecule has 152 valence electrons. The van der Waals surface area contributed by atoms with Gasteiger partial charge in [-0.1, -0.05) is 90.4 Å². The van der Waals surface area contributed by atoms with Crippen molar-refractivity contribution in [2.45, 2.75) is 109 Å². The zero-order valence-electron chi connectivity index (χ0n) is 15.9. The van der Waals surface area contributed by atoms with E-state index in [2.05, 4.69) is 11.4 Å². The summed E-state index contributed by atoms with van der Waals surface area (Å²) in [6.07, 6.45) is 16.2. The van der Waals surface area contributed by atoms with Gasteiger partial charge in [-0.2, -0.15) is 0 Å². The number of hydrogen-bond acceptors (Lipinski definition) is 4. The van der Waals surface area contributed by atoms with Crippen LogP contribution in [-0.2, 0) is 9.09 Å². The van der Waals surface area contributed by atoms with Gasteiger partial charge in [0, 0.05) is 0 Å². The Balaban J connectivity index is 3.33. The van der Waals surface area contributed by atoms with Gasteiger partial charge in [0.15, 0.2) is 0 Å². The molecule has 0 amide bonds. The van der Waals surface area contributed by atoms with Crippen LogP contribution in [0.2, 0.25) is 0 Å². The Hall–Kier alpha value is 0.0300. The fourth-order valence-electron chi connectivity index (χ4n) is 2.88. The third-order valence-corrected chi connectivity index (χ3v) is 5.02. The molecule has 0 aliphatic rings. The highest BCUT2D eigenvalue weighted by molar-refractivity contribution is 7.46. The smallest absolute Gasteiger partial charge is 0.391 e. The number of phosphoric acid groups is 1. The molecule has 0 aliphatic carbocycles. The molecular formula is C18H40NO5P. The van der Waals surface area contributed by atoms with Crippen LogP contribution in [0.5, 0.6) is 0 Å². The van der Waals surface area contributed by atoms with Crippen LogP contribution in [-0.4, -0.2) is 33.6 Å². The van der Waals surface area contributed by atoms with Gasteiger partial charge in [-0.15, -0.1) is 0 Å². The predicted molar refractivity (Wildman–Crippen MR) is 102 cm³/mol. The highest BCUT2D eigenvalue weighted by Crippen LogP contribution is 2.35. The summed E-state index contributed by atoms with van der Waals surface area (Å²) < 4.78 is 14.9. The second-order valence-electron chi connectivity index (χ2n) is 7.05. The minimum atomic E-state index is -4.51. The lowest BCUT2D eigenvalue weighted by Gasteiger charge is -2.18. The molecule has 0 aromatic carbocycles. The number of rotatable bonds is 18. The number of aliphatic hydroxyl groups is 1. The van der Waals surface area contributed by atoms with E-state index in [1.807, 2.05) is 0 Å². The number of phosphoric ester groups is 1. The molecule has 6 nitrogen and oxygen atoms in total. The summed E-state index contributed by atoms with van der Waals surface area (Å²) in [6, 6.07) is -0.759. The highest BCUT2D eigenvalue weighted by atomic mass is 31.2. The molecule has 25 heavy (non-hydrogen) atoms. The first-order valence-corrected chi connectivity index (χ1v) is 11.5. The van der Waals surface area contributed by atoms with Crippen molar-refractivity contribution in [2.24, 2.45) is 5.73 Å². The van der Waals surface area contributed by atoms with E-state index in [1.54, 1.807) is 0 Å². The Morgan fingerprint density at radius 2 is 1.24 bits per heavy atom. The summed E-state index contributed by atoms with van der Waals surface area (Å²) >= 11 is 0. The minimum Gasteiger partial charge on any atom is -0.391 e. The van der Waals surface area contributed by atoms with Crippen LogP contribution in [0.3, 0.4) is 0 Å². The van der Waals surface area contributed by atoms with Gasteiger partial charge < -0.3 is 20.6 Å². The Bertz CT molecular complexity index is 337. The van der Waals surface area contributed by atoms with Crippen LogP contribution in [0.25, 0.3) is 0 Å². The third kappa shape index (κ3) is 18.6. The normalized spacial score (nSPS) is 14.6. The molecule has 0 aliphatic heterocycles. The molecule has 0 aromatic rings. The molecule has 0 aromatic heterocycles. The van der Waals surface area contributed by atoms with E-state index in [9.17, 15) is 9.67 Å². The molecule has 0 fully saturated rings. The van der Waals surface area contributed by atoms with Gasteiger partial charge in [-0.25, -0.2) is 4.57 Å². The molecule has 0 saturated heterocycles. The summed E-state index contributed by atoms with van der Waals surface area (Å²) in [5, 5.41) is 9.83. The molecule has 0 spiro atoms. The average molecular weight is 381 g/mol. The van der Waals surface area contributed by atoms with Crippen LogP contribution in [0.1, 0.15) is 96.8 Å². The number of nitrogens with two attached hydrogens (primary N) is 1. The third-order valence-electron chi connectivity index (χ3n) is 4.53. The van der Waals surface area contributed by atoms with E-state index in [4.69, 9.17) is 15.5 Å². The van der Waals surface area contributed by atoms with Gasteiger partial charge in [0.2, 0.25) is 0 Å².